The summed E-state index contributed by atoms with van der Waals surface area (Å²) in [6.07, 6.45) is 2.68. The first-order chi connectivity index (χ1) is 10.7. The minimum absolute atomic E-state index is 0. The summed E-state index contributed by atoms with van der Waals surface area (Å²) in [5.74, 6) is 0.517. The van der Waals surface area contributed by atoms with Crippen molar-refractivity contribution in [2.24, 2.45) is 5.92 Å². The van der Waals surface area contributed by atoms with E-state index in [0.29, 0.717) is 25.4 Å². The molecule has 0 aliphatic carbocycles. The minimum atomic E-state index is -0.0850. The smallest absolute Gasteiger partial charge is 0.321 e. The first-order valence-corrected chi connectivity index (χ1v) is 7.88. The zero-order valence-corrected chi connectivity index (χ0v) is 13.8. The molecule has 1 aromatic rings. The van der Waals surface area contributed by atoms with E-state index >= 15 is 0 Å². The summed E-state index contributed by atoms with van der Waals surface area (Å²) >= 11 is 0. The molecule has 0 radical (unpaired) electrons. The topological polar surface area (TPSA) is 73.5 Å². The second-order valence-electron chi connectivity index (χ2n) is 5.88. The van der Waals surface area contributed by atoms with E-state index in [0.717, 1.165) is 37.3 Å². The van der Waals surface area contributed by atoms with Crippen LogP contribution in [-0.2, 0) is 4.79 Å². The standard InChI is InChI=1S/C16H22N4O2.ClH/c21-15(10-12-4-6-17-7-5-12)19-13-2-1-3-14(11-13)20-9-8-18-16(20)22;/h1-3,11-12,17H,4-10H2,(H,18,22)(H,19,21);1H. The monoisotopic (exact) mass is 338 g/mol. The third-order valence-electron chi connectivity index (χ3n) is 4.23. The molecule has 3 amide bonds. The van der Waals surface area contributed by atoms with Gasteiger partial charge in [0, 0.05) is 30.9 Å². The molecule has 0 unspecified atom stereocenters. The van der Waals surface area contributed by atoms with Gasteiger partial charge in [0.05, 0.1) is 0 Å². The summed E-state index contributed by atoms with van der Waals surface area (Å²) in [6.45, 7) is 3.31. The maximum absolute atomic E-state index is 12.2. The van der Waals surface area contributed by atoms with E-state index in [1.54, 1.807) is 4.90 Å². The molecular weight excluding hydrogens is 316 g/mol. The van der Waals surface area contributed by atoms with Crippen molar-refractivity contribution < 1.29 is 9.59 Å². The van der Waals surface area contributed by atoms with Gasteiger partial charge in [0.15, 0.2) is 0 Å². The van der Waals surface area contributed by atoms with Crippen LogP contribution in [0.3, 0.4) is 0 Å². The number of nitrogens with zero attached hydrogens (tertiary/aromatic N) is 1. The number of anilines is 2. The fourth-order valence-corrected chi connectivity index (χ4v) is 3.03. The van der Waals surface area contributed by atoms with Crippen LogP contribution >= 0.6 is 12.4 Å². The van der Waals surface area contributed by atoms with Crippen LogP contribution in [0.1, 0.15) is 19.3 Å². The molecule has 2 aliphatic heterocycles. The normalized spacial score (nSPS) is 18.3. The summed E-state index contributed by atoms with van der Waals surface area (Å²) < 4.78 is 0. The molecule has 0 aromatic heterocycles. The zero-order valence-electron chi connectivity index (χ0n) is 13.0. The lowest BCUT2D eigenvalue weighted by molar-refractivity contribution is -0.117. The quantitative estimate of drug-likeness (QED) is 0.785. The fourth-order valence-electron chi connectivity index (χ4n) is 3.03. The van der Waals surface area contributed by atoms with Crippen LogP contribution in [0.2, 0.25) is 0 Å². The van der Waals surface area contributed by atoms with Crippen molar-refractivity contribution in [3.63, 3.8) is 0 Å². The largest absolute Gasteiger partial charge is 0.336 e. The SMILES string of the molecule is Cl.O=C(CC1CCNCC1)Nc1cccc(N2CCNC2=O)c1. The number of halogens is 1. The molecule has 1 aromatic carbocycles. The molecule has 3 N–H and O–H groups in total. The van der Waals surface area contributed by atoms with E-state index < -0.39 is 0 Å². The van der Waals surface area contributed by atoms with Gasteiger partial charge in [0.25, 0.3) is 0 Å². The van der Waals surface area contributed by atoms with Crippen LogP contribution < -0.4 is 20.9 Å². The Hall–Kier alpha value is -1.79. The Balaban J connectivity index is 0.00000192. The highest BCUT2D eigenvalue weighted by Crippen LogP contribution is 2.22. The third kappa shape index (κ3) is 4.59. The van der Waals surface area contributed by atoms with E-state index in [4.69, 9.17) is 0 Å². The predicted octanol–water partition coefficient (Wildman–Crippen LogP) is 1.97. The van der Waals surface area contributed by atoms with Crippen molar-refractivity contribution in [3.8, 4) is 0 Å². The second-order valence-corrected chi connectivity index (χ2v) is 5.88. The van der Waals surface area contributed by atoms with Crippen molar-refractivity contribution in [2.75, 3.05) is 36.4 Å². The molecular formula is C16H23ClN4O2. The number of benzene rings is 1. The van der Waals surface area contributed by atoms with Gasteiger partial charge in [-0.15, -0.1) is 12.4 Å². The van der Waals surface area contributed by atoms with Gasteiger partial charge in [-0.25, -0.2) is 4.79 Å². The molecule has 3 rings (SSSR count). The van der Waals surface area contributed by atoms with Crippen molar-refractivity contribution in [3.05, 3.63) is 24.3 Å². The van der Waals surface area contributed by atoms with Gasteiger partial charge in [-0.3, -0.25) is 9.69 Å². The molecule has 0 saturated carbocycles. The van der Waals surface area contributed by atoms with Crippen molar-refractivity contribution in [1.82, 2.24) is 10.6 Å². The number of nitrogens with one attached hydrogen (secondary N) is 3. The molecule has 0 bridgehead atoms. The minimum Gasteiger partial charge on any atom is -0.336 e. The van der Waals surface area contributed by atoms with Gasteiger partial charge in [0.1, 0.15) is 0 Å². The van der Waals surface area contributed by atoms with Gasteiger partial charge >= 0.3 is 6.03 Å². The predicted molar refractivity (Wildman–Crippen MR) is 93.3 cm³/mol. The van der Waals surface area contributed by atoms with Crippen LogP contribution in [0.25, 0.3) is 0 Å². The number of hydrogen-bond acceptors (Lipinski definition) is 3. The van der Waals surface area contributed by atoms with E-state index in [1.807, 2.05) is 24.3 Å². The molecule has 2 heterocycles. The Morgan fingerprint density at radius 2 is 2.04 bits per heavy atom. The summed E-state index contributed by atoms with van der Waals surface area (Å²) in [4.78, 5) is 25.5. The fraction of sp³-hybridized carbons (Fsp3) is 0.500. The van der Waals surface area contributed by atoms with Gasteiger partial charge in [-0.2, -0.15) is 0 Å². The lowest BCUT2D eigenvalue weighted by atomic mass is 9.94. The molecule has 6 nitrogen and oxygen atoms in total. The highest BCUT2D eigenvalue weighted by Gasteiger charge is 2.21. The Kier molecular flexibility index (Phi) is 6.24. The number of piperidine rings is 1. The van der Waals surface area contributed by atoms with Crippen molar-refractivity contribution in [1.29, 1.82) is 0 Å². The van der Waals surface area contributed by atoms with Gasteiger partial charge in [0.2, 0.25) is 5.91 Å². The van der Waals surface area contributed by atoms with Crippen LogP contribution in [0, 0.1) is 5.92 Å². The zero-order chi connectivity index (χ0) is 15.4. The van der Waals surface area contributed by atoms with Gasteiger partial charge < -0.3 is 16.0 Å². The molecule has 126 valence electrons. The Morgan fingerprint density at radius 3 is 2.74 bits per heavy atom. The van der Waals surface area contributed by atoms with E-state index in [-0.39, 0.29) is 24.3 Å². The maximum atomic E-state index is 12.2. The summed E-state index contributed by atoms with van der Waals surface area (Å²) in [5, 5.41) is 9.03. The highest BCUT2D eigenvalue weighted by atomic mass is 35.5. The molecule has 7 heteroatoms. The number of rotatable bonds is 4. The highest BCUT2D eigenvalue weighted by molar-refractivity contribution is 5.96. The average Bonchev–Trinajstić information content (AvgIpc) is 2.94. The number of urea groups is 1. The Morgan fingerprint density at radius 1 is 1.26 bits per heavy atom. The van der Waals surface area contributed by atoms with Crippen molar-refractivity contribution in [2.45, 2.75) is 19.3 Å². The third-order valence-corrected chi connectivity index (χ3v) is 4.23. The number of hydrogen-bond donors (Lipinski definition) is 3. The molecule has 0 spiro atoms. The molecule has 23 heavy (non-hydrogen) atoms. The van der Waals surface area contributed by atoms with Crippen LogP contribution in [-0.4, -0.2) is 38.1 Å². The number of carbonyl (C=O) groups is 2. The summed E-state index contributed by atoms with van der Waals surface area (Å²) in [5.41, 5.74) is 1.56. The van der Waals surface area contributed by atoms with E-state index in [2.05, 4.69) is 16.0 Å². The Bertz CT molecular complexity index is 561. The van der Waals surface area contributed by atoms with Crippen LogP contribution in [0.5, 0.6) is 0 Å². The van der Waals surface area contributed by atoms with Crippen LogP contribution in [0.4, 0.5) is 16.2 Å². The first-order valence-electron chi connectivity index (χ1n) is 7.88. The maximum Gasteiger partial charge on any atom is 0.321 e. The van der Waals surface area contributed by atoms with Crippen molar-refractivity contribution >= 4 is 35.7 Å². The summed E-state index contributed by atoms with van der Waals surface area (Å²) in [7, 11) is 0. The Labute approximate surface area is 142 Å². The molecule has 2 saturated heterocycles. The lowest BCUT2D eigenvalue weighted by Gasteiger charge is -2.22. The van der Waals surface area contributed by atoms with E-state index in [9.17, 15) is 9.59 Å². The second kappa shape index (κ2) is 8.17. The van der Waals surface area contributed by atoms with Gasteiger partial charge in [-0.05, 0) is 50.0 Å². The first kappa shape index (κ1) is 17.6. The average molecular weight is 339 g/mol. The van der Waals surface area contributed by atoms with Crippen LogP contribution in [0.15, 0.2) is 24.3 Å². The van der Waals surface area contributed by atoms with Gasteiger partial charge in [-0.1, -0.05) is 6.07 Å². The lowest BCUT2D eigenvalue weighted by Crippen LogP contribution is -2.30. The summed E-state index contributed by atoms with van der Waals surface area (Å²) in [6, 6.07) is 7.37. The number of amides is 3. The molecule has 2 aliphatic rings. The number of carbonyl (C=O) groups excluding carboxylic acids is 2. The molecule has 0 atom stereocenters. The van der Waals surface area contributed by atoms with E-state index in [1.165, 1.54) is 0 Å². The molecule has 2 fully saturated rings.